The Bertz CT molecular complexity index is 896. The maximum Gasteiger partial charge on any atom is 0.326 e. The second kappa shape index (κ2) is 5.39. The molecule has 0 bridgehead atoms. The SMILES string of the molecule is O=C(Cn1c(=O)[nH]c2ccccc21)c1ccc(Cl)c(Cl)c1. The number of nitrogens with one attached hydrogen (secondary N) is 1. The first kappa shape index (κ1) is 13.9. The van der Waals surface area contributed by atoms with Crippen molar-refractivity contribution in [3.8, 4) is 0 Å². The van der Waals surface area contributed by atoms with Gasteiger partial charge in [0.2, 0.25) is 0 Å². The summed E-state index contributed by atoms with van der Waals surface area (Å²) in [5.41, 5.74) is 1.49. The van der Waals surface area contributed by atoms with Gasteiger partial charge < -0.3 is 4.98 Å². The number of aromatic amines is 1. The van der Waals surface area contributed by atoms with Crippen molar-refractivity contribution in [1.29, 1.82) is 0 Å². The first-order chi connectivity index (χ1) is 10.1. The fraction of sp³-hybridized carbons (Fsp3) is 0.0667. The molecule has 3 rings (SSSR count). The molecule has 1 aromatic heterocycles. The third kappa shape index (κ3) is 2.60. The zero-order valence-corrected chi connectivity index (χ0v) is 12.3. The number of rotatable bonds is 3. The van der Waals surface area contributed by atoms with Crippen molar-refractivity contribution in [3.05, 3.63) is 68.6 Å². The van der Waals surface area contributed by atoms with Gasteiger partial charge in [0, 0.05) is 5.56 Å². The lowest BCUT2D eigenvalue weighted by Crippen LogP contribution is -2.21. The van der Waals surface area contributed by atoms with Crippen molar-refractivity contribution in [2.24, 2.45) is 0 Å². The van der Waals surface area contributed by atoms with Crippen LogP contribution in [0.4, 0.5) is 0 Å². The first-order valence-electron chi connectivity index (χ1n) is 6.22. The predicted molar refractivity (Wildman–Crippen MR) is 83.4 cm³/mol. The molecule has 3 aromatic rings. The zero-order chi connectivity index (χ0) is 15.0. The molecule has 0 aliphatic heterocycles. The van der Waals surface area contributed by atoms with Gasteiger partial charge in [-0.3, -0.25) is 9.36 Å². The van der Waals surface area contributed by atoms with Gasteiger partial charge in [-0.05, 0) is 30.3 Å². The minimum absolute atomic E-state index is 0.0548. The van der Waals surface area contributed by atoms with Gasteiger partial charge in [0.25, 0.3) is 0 Å². The highest BCUT2D eigenvalue weighted by atomic mass is 35.5. The van der Waals surface area contributed by atoms with Crippen LogP contribution >= 0.6 is 23.2 Å². The van der Waals surface area contributed by atoms with E-state index >= 15 is 0 Å². The van der Waals surface area contributed by atoms with Crippen LogP contribution in [0.1, 0.15) is 10.4 Å². The van der Waals surface area contributed by atoms with Crippen molar-refractivity contribution >= 4 is 40.0 Å². The molecule has 0 spiro atoms. The number of halogens is 2. The van der Waals surface area contributed by atoms with Crippen LogP contribution in [0.2, 0.25) is 10.0 Å². The number of hydrogen-bond acceptors (Lipinski definition) is 2. The number of fused-ring (bicyclic) bond motifs is 1. The zero-order valence-electron chi connectivity index (χ0n) is 10.8. The van der Waals surface area contributed by atoms with Crippen molar-refractivity contribution in [3.63, 3.8) is 0 Å². The molecule has 0 amide bonds. The Balaban J connectivity index is 1.98. The molecule has 21 heavy (non-hydrogen) atoms. The van der Waals surface area contributed by atoms with E-state index in [9.17, 15) is 9.59 Å². The molecule has 1 heterocycles. The maximum absolute atomic E-state index is 12.3. The molecule has 0 atom stereocenters. The van der Waals surface area contributed by atoms with Crippen molar-refractivity contribution in [2.45, 2.75) is 6.54 Å². The second-order valence-corrected chi connectivity index (χ2v) is 5.40. The van der Waals surface area contributed by atoms with Crippen LogP contribution in [0.25, 0.3) is 11.0 Å². The van der Waals surface area contributed by atoms with Gasteiger partial charge in [-0.2, -0.15) is 0 Å². The highest BCUT2D eigenvalue weighted by Gasteiger charge is 2.13. The number of H-pyrrole nitrogens is 1. The topological polar surface area (TPSA) is 54.9 Å². The van der Waals surface area contributed by atoms with Crippen LogP contribution in [-0.4, -0.2) is 15.3 Å². The quantitative estimate of drug-likeness (QED) is 0.751. The fourth-order valence-electron chi connectivity index (χ4n) is 2.17. The monoisotopic (exact) mass is 320 g/mol. The van der Waals surface area contributed by atoms with E-state index < -0.39 is 0 Å². The van der Waals surface area contributed by atoms with Gasteiger partial charge in [0.1, 0.15) is 0 Å². The number of imidazole rings is 1. The number of carbonyl (C=O) groups is 1. The molecule has 4 nitrogen and oxygen atoms in total. The van der Waals surface area contributed by atoms with Crippen molar-refractivity contribution in [1.82, 2.24) is 9.55 Å². The number of Topliss-reactive ketones (excluding diaryl/α,β-unsaturated/α-hetero) is 1. The summed E-state index contributed by atoms with van der Waals surface area (Å²) in [6.07, 6.45) is 0. The molecular weight excluding hydrogens is 311 g/mol. The van der Waals surface area contributed by atoms with Crippen LogP contribution in [0, 0.1) is 0 Å². The number of ketones is 1. The summed E-state index contributed by atoms with van der Waals surface area (Å²) >= 11 is 11.7. The van der Waals surface area contributed by atoms with Crippen LogP contribution < -0.4 is 5.69 Å². The number of benzene rings is 2. The predicted octanol–water partition coefficient (Wildman–Crippen LogP) is 3.52. The first-order valence-corrected chi connectivity index (χ1v) is 6.97. The van der Waals surface area contributed by atoms with E-state index in [1.54, 1.807) is 24.3 Å². The standard InChI is InChI=1S/C15H10Cl2N2O2/c16-10-6-5-9(7-11(10)17)14(20)8-19-13-4-2-1-3-12(13)18-15(19)21/h1-7H,8H2,(H,18,21). The molecule has 0 aliphatic rings. The summed E-state index contributed by atoms with van der Waals surface area (Å²) in [6.45, 7) is -0.0548. The number of nitrogens with zero attached hydrogens (tertiary/aromatic N) is 1. The van der Waals surface area contributed by atoms with Gasteiger partial charge in [-0.15, -0.1) is 0 Å². The van der Waals surface area contributed by atoms with E-state index in [1.165, 1.54) is 10.6 Å². The average molecular weight is 321 g/mol. The summed E-state index contributed by atoms with van der Waals surface area (Å²) in [4.78, 5) is 26.9. The van der Waals surface area contributed by atoms with Gasteiger partial charge in [0.15, 0.2) is 5.78 Å². The molecular formula is C15H10Cl2N2O2. The molecule has 0 saturated heterocycles. The second-order valence-electron chi connectivity index (χ2n) is 4.59. The highest BCUT2D eigenvalue weighted by molar-refractivity contribution is 6.42. The molecule has 1 N–H and O–H groups in total. The van der Waals surface area contributed by atoms with E-state index in [2.05, 4.69) is 4.98 Å². The third-order valence-electron chi connectivity index (χ3n) is 3.22. The van der Waals surface area contributed by atoms with Gasteiger partial charge >= 0.3 is 5.69 Å². The Morgan fingerprint density at radius 2 is 1.86 bits per heavy atom. The Hall–Kier alpha value is -2.04. The van der Waals surface area contributed by atoms with E-state index in [0.717, 1.165) is 0 Å². The van der Waals surface area contributed by atoms with E-state index in [1.807, 2.05) is 12.1 Å². The molecule has 0 radical (unpaired) electrons. The summed E-state index contributed by atoms with van der Waals surface area (Å²) < 4.78 is 1.40. The van der Waals surface area contributed by atoms with Gasteiger partial charge in [0.05, 0.1) is 27.6 Å². The summed E-state index contributed by atoms with van der Waals surface area (Å²) in [6, 6.07) is 11.9. The lowest BCUT2D eigenvalue weighted by atomic mass is 10.1. The molecule has 0 saturated carbocycles. The lowest BCUT2D eigenvalue weighted by molar-refractivity contribution is 0.0972. The van der Waals surface area contributed by atoms with Crippen LogP contribution in [0.5, 0.6) is 0 Å². The number of hydrogen-bond donors (Lipinski definition) is 1. The van der Waals surface area contributed by atoms with Crippen LogP contribution in [0.15, 0.2) is 47.3 Å². The number of aromatic nitrogens is 2. The molecule has 0 unspecified atom stereocenters. The number of para-hydroxylation sites is 2. The molecule has 2 aromatic carbocycles. The Kier molecular flexibility index (Phi) is 3.57. The largest absolute Gasteiger partial charge is 0.326 e. The average Bonchev–Trinajstić information content (AvgIpc) is 2.78. The van der Waals surface area contributed by atoms with Gasteiger partial charge in [-0.25, -0.2) is 4.79 Å². The minimum atomic E-state index is -0.315. The third-order valence-corrected chi connectivity index (χ3v) is 3.96. The van der Waals surface area contributed by atoms with E-state index in [4.69, 9.17) is 23.2 Å². The van der Waals surface area contributed by atoms with Crippen molar-refractivity contribution < 1.29 is 4.79 Å². The molecule has 0 fully saturated rings. The van der Waals surface area contributed by atoms with Crippen molar-refractivity contribution in [2.75, 3.05) is 0 Å². The molecule has 6 heteroatoms. The van der Waals surface area contributed by atoms with E-state index in [0.29, 0.717) is 26.6 Å². The molecule has 0 aliphatic carbocycles. The molecule has 106 valence electrons. The normalized spacial score (nSPS) is 11.0. The number of carbonyl (C=O) groups excluding carboxylic acids is 1. The summed E-state index contributed by atoms with van der Waals surface area (Å²) in [5.74, 6) is -0.208. The van der Waals surface area contributed by atoms with Crippen LogP contribution in [0.3, 0.4) is 0 Å². The lowest BCUT2D eigenvalue weighted by Gasteiger charge is -2.04. The summed E-state index contributed by atoms with van der Waals surface area (Å²) in [7, 11) is 0. The van der Waals surface area contributed by atoms with Crippen LogP contribution in [-0.2, 0) is 6.54 Å². The minimum Gasteiger partial charge on any atom is -0.306 e. The maximum atomic E-state index is 12.3. The Labute approximate surface area is 129 Å². The Morgan fingerprint density at radius 1 is 1.10 bits per heavy atom. The highest BCUT2D eigenvalue weighted by Crippen LogP contribution is 2.23. The summed E-state index contributed by atoms with van der Waals surface area (Å²) in [5, 5.41) is 0.700. The van der Waals surface area contributed by atoms with Gasteiger partial charge in [-0.1, -0.05) is 35.3 Å². The smallest absolute Gasteiger partial charge is 0.306 e. The van der Waals surface area contributed by atoms with E-state index in [-0.39, 0.29) is 18.0 Å². The Morgan fingerprint density at radius 3 is 2.62 bits per heavy atom. The fourth-order valence-corrected chi connectivity index (χ4v) is 2.47.